The number of aryl methyl sites for hydroxylation is 3. The quantitative estimate of drug-likeness (QED) is 0.873. The van der Waals surface area contributed by atoms with Gasteiger partial charge in [-0.2, -0.15) is 0 Å². The third-order valence-electron chi connectivity index (χ3n) is 3.82. The van der Waals surface area contributed by atoms with Crippen LogP contribution in [0, 0.1) is 26.6 Å². The van der Waals surface area contributed by atoms with Gasteiger partial charge in [0.15, 0.2) is 6.54 Å². The molecular weight excluding hydrogens is 291 g/mol. The molecular formula is C19H24FN2O+. The number of amides is 1. The normalized spacial score (nSPS) is 12.0. The van der Waals surface area contributed by atoms with Crippen LogP contribution in [-0.2, 0) is 11.3 Å². The Morgan fingerprint density at radius 2 is 1.65 bits per heavy atom. The van der Waals surface area contributed by atoms with Crippen LogP contribution in [0.25, 0.3) is 0 Å². The van der Waals surface area contributed by atoms with Crippen LogP contribution in [0.5, 0.6) is 0 Å². The molecule has 0 radical (unpaired) electrons. The largest absolute Gasteiger partial charge is 0.326 e. The molecule has 122 valence electrons. The maximum absolute atomic E-state index is 12.9. The van der Waals surface area contributed by atoms with Crippen LogP contribution in [0.3, 0.4) is 0 Å². The zero-order chi connectivity index (χ0) is 17.0. The Bertz CT molecular complexity index is 672. The van der Waals surface area contributed by atoms with Gasteiger partial charge in [0, 0.05) is 11.3 Å². The number of benzene rings is 2. The SMILES string of the molecule is Cc1cc(C)c(NC(=O)C[NH+](C)Cc2ccc(F)cc2)c(C)c1. The number of likely N-dealkylation sites (N-methyl/N-ethyl adjacent to an activating group) is 1. The van der Waals surface area contributed by atoms with Gasteiger partial charge in [-0.25, -0.2) is 4.39 Å². The first-order valence-corrected chi connectivity index (χ1v) is 7.78. The van der Waals surface area contributed by atoms with Crippen LogP contribution in [0.1, 0.15) is 22.3 Å². The lowest BCUT2D eigenvalue weighted by molar-refractivity contribution is -0.885. The average Bonchev–Trinajstić information content (AvgIpc) is 2.45. The Kier molecular flexibility index (Phi) is 5.50. The standard InChI is InChI=1S/C19H23FN2O/c1-13-9-14(2)19(15(3)10-13)21-18(23)12-22(4)11-16-5-7-17(20)8-6-16/h5-10H,11-12H2,1-4H3,(H,21,23)/p+1. The van der Waals surface area contributed by atoms with Gasteiger partial charge in [0.25, 0.3) is 5.91 Å². The molecule has 0 spiro atoms. The van der Waals surface area contributed by atoms with Gasteiger partial charge in [-0.3, -0.25) is 4.79 Å². The van der Waals surface area contributed by atoms with Gasteiger partial charge in [-0.1, -0.05) is 29.8 Å². The van der Waals surface area contributed by atoms with Gasteiger partial charge >= 0.3 is 0 Å². The Labute approximate surface area is 137 Å². The van der Waals surface area contributed by atoms with Crippen molar-refractivity contribution >= 4 is 11.6 Å². The summed E-state index contributed by atoms with van der Waals surface area (Å²) < 4.78 is 12.9. The van der Waals surface area contributed by atoms with Crippen molar-refractivity contribution in [2.24, 2.45) is 0 Å². The molecule has 2 aromatic carbocycles. The first-order chi connectivity index (χ1) is 10.8. The monoisotopic (exact) mass is 315 g/mol. The van der Waals surface area contributed by atoms with E-state index in [0.717, 1.165) is 27.3 Å². The molecule has 0 heterocycles. The molecule has 23 heavy (non-hydrogen) atoms. The van der Waals surface area contributed by atoms with E-state index in [-0.39, 0.29) is 11.7 Å². The highest BCUT2D eigenvalue weighted by atomic mass is 19.1. The summed E-state index contributed by atoms with van der Waals surface area (Å²) in [6.45, 7) is 7.10. The number of quaternary nitrogens is 1. The predicted molar refractivity (Wildman–Crippen MR) is 91.1 cm³/mol. The molecule has 1 atom stereocenters. The number of carbonyl (C=O) groups is 1. The fourth-order valence-corrected chi connectivity index (χ4v) is 2.85. The lowest BCUT2D eigenvalue weighted by atomic mass is 10.1. The number of hydrogen-bond acceptors (Lipinski definition) is 1. The van der Waals surface area contributed by atoms with Crippen molar-refractivity contribution in [3.63, 3.8) is 0 Å². The summed E-state index contributed by atoms with van der Waals surface area (Å²) in [5.74, 6) is -0.255. The molecule has 0 saturated heterocycles. The van der Waals surface area contributed by atoms with E-state index in [2.05, 4.69) is 17.4 Å². The predicted octanol–water partition coefficient (Wildman–Crippen LogP) is 2.40. The lowest BCUT2D eigenvalue weighted by Gasteiger charge is -2.16. The minimum absolute atomic E-state index is 0.0142. The molecule has 2 N–H and O–H groups in total. The summed E-state index contributed by atoms with van der Waals surface area (Å²) in [7, 11) is 1.96. The summed E-state index contributed by atoms with van der Waals surface area (Å²) >= 11 is 0. The number of hydrogen-bond donors (Lipinski definition) is 2. The van der Waals surface area contributed by atoms with Gasteiger partial charge in [-0.05, 0) is 44.0 Å². The van der Waals surface area contributed by atoms with Crippen molar-refractivity contribution in [1.29, 1.82) is 0 Å². The summed E-state index contributed by atoms with van der Waals surface area (Å²) in [5, 5.41) is 3.01. The molecule has 1 unspecified atom stereocenters. The Morgan fingerprint density at radius 1 is 1.09 bits per heavy atom. The van der Waals surface area contributed by atoms with Crippen LogP contribution in [-0.4, -0.2) is 19.5 Å². The fourth-order valence-electron chi connectivity index (χ4n) is 2.85. The summed E-state index contributed by atoms with van der Waals surface area (Å²) in [4.78, 5) is 13.3. The van der Waals surface area contributed by atoms with E-state index in [0.29, 0.717) is 13.1 Å². The zero-order valence-electron chi connectivity index (χ0n) is 14.2. The summed E-state index contributed by atoms with van der Waals surface area (Å²) in [6.07, 6.45) is 0. The van der Waals surface area contributed by atoms with E-state index in [4.69, 9.17) is 0 Å². The van der Waals surface area contributed by atoms with Crippen molar-refractivity contribution < 1.29 is 14.1 Å². The topological polar surface area (TPSA) is 33.5 Å². The highest BCUT2D eigenvalue weighted by molar-refractivity contribution is 5.93. The van der Waals surface area contributed by atoms with Crippen LogP contribution < -0.4 is 10.2 Å². The molecule has 3 nitrogen and oxygen atoms in total. The number of rotatable bonds is 5. The maximum atomic E-state index is 12.9. The molecule has 0 saturated carbocycles. The zero-order valence-corrected chi connectivity index (χ0v) is 14.2. The van der Waals surface area contributed by atoms with Gasteiger partial charge in [0.05, 0.1) is 7.05 Å². The van der Waals surface area contributed by atoms with Crippen molar-refractivity contribution in [3.8, 4) is 0 Å². The van der Waals surface area contributed by atoms with E-state index < -0.39 is 0 Å². The summed E-state index contributed by atoms with van der Waals surface area (Å²) in [5.41, 5.74) is 5.26. The van der Waals surface area contributed by atoms with Crippen molar-refractivity contribution in [2.75, 3.05) is 18.9 Å². The minimum atomic E-state index is -0.241. The molecule has 1 amide bonds. The second kappa shape index (κ2) is 7.38. The third kappa shape index (κ3) is 4.89. The number of nitrogens with one attached hydrogen (secondary N) is 2. The molecule has 0 aliphatic heterocycles. The minimum Gasteiger partial charge on any atom is -0.326 e. The first kappa shape index (κ1) is 17.2. The molecule has 0 fully saturated rings. The molecule has 0 aliphatic carbocycles. The van der Waals surface area contributed by atoms with E-state index >= 15 is 0 Å². The average molecular weight is 315 g/mol. The Balaban J connectivity index is 1.95. The molecule has 4 heteroatoms. The smallest absolute Gasteiger partial charge is 0.279 e. The molecule has 2 aromatic rings. The van der Waals surface area contributed by atoms with Crippen LogP contribution in [0.4, 0.5) is 10.1 Å². The number of anilines is 1. The van der Waals surface area contributed by atoms with Crippen molar-refractivity contribution in [2.45, 2.75) is 27.3 Å². The first-order valence-electron chi connectivity index (χ1n) is 7.78. The highest BCUT2D eigenvalue weighted by Gasteiger charge is 2.13. The van der Waals surface area contributed by atoms with Crippen LogP contribution in [0.2, 0.25) is 0 Å². The van der Waals surface area contributed by atoms with E-state index in [1.165, 1.54) is 17.7 Å². The van der Waals surface area contributed by atoms with Crippen LogP contribution >= 0.6 is 0 Å². The van der Waals surface area contributed by atoms with Crippen molar-refractivity contribution in [3.05, 3.63) is 64.5 Å². The third-order valence-corrected chi connectivity index (χ3v) is 3.82. The molecule has 2 rings (SSSR count). The van der Waals surface area contributed by atoms with Gasteiger partial charge in [-0.15, -0.1) is 0 Å². The van der Waals surface area contributed by atoms with Gasteiger partial charge in [0.1, 0.15) is 12.4 Å². The Morgan fingerprint density at radius 3 is 2.22 bits per heavy atom. The fraction of sp³-hybridized carbons (Fsp3) is 0.316. The second-order valence-corrected chi connectivity index (χ2v) is 6.26. The maximum Gasteiger partial charge on any atom is 0.279 e. The molecule has 0 aromatic heterocycles. The van der Waals surface area contributed by atoms with Crippen molar-refractivity contribution in [1.82, 2.24) is 0 Å². The number of carbonyl (C=O) groups excluding carboxylic acids is 1. The van der Waals surface area contributed by atoms with E-state index in [1.807, 2.05) is 27.8 Å². The van der Waals surface area contributed by atoms with E-state index in [1.54, 1.807) is 12.1 Å². The van der Waals surface area contributed by atoms with Gasteiger partial charge < -0.3 is 10.2 Å². The highest BCUT2D eigenvalue weighted by Crippen LogP contribution is 2.21. The molecule has 0 aliphatic rings. The lowest BCUT2D eigenvalue weighted by Crippen LogP contribution is -3.08. The summed E-state index contributed by atoms with van der Waals surface area (Å²) in [6, 6.07) is 10.5. The number of halogens is 1. The Hall–Kier alpha value is -2.20. The van der Waals surface area contributed by atoms with Crippen LogP contribution in [0.15, 0.2) is 36.4 Å². The molecule has 0 bridgehead atoms. The second-order valence-electron chi connectivity index (χ2n) is 6.26. The van der Waals surface area contributed by atoms with E-state index in [9.17, 15) is 9.18 Å². The van der Waals surface area contributed by atoms with Gasteiger partial charge in [0.2, 0.25) is 0 Å².